The van der Waals surface area contributed by atoms with Gasteiger partial charge in [-0.2, -0.15) is 0 Å². The molecular formula is C33H53N3. The Kier molecular flexibility index (Phi) is 9.48. The van der Waals surface area contributed by atoms with Gasteiger partial charge in [-0.25, -0.2) is 4.99 Å². The van der Waals surface area contributed by atoms with Crippen molar-refractivity contribution in [3.05, 3.63) is 58.7 Å². The third kappa shape index (κ3) is 6.93. The molecule has 0 radical (unpaired) electrons. The minimum Gasteiger partial charge on any atom is -0.333 e. The maximum Gasteiger partial charge on any atom is 0.204 e. The quantitative estimate of drug-likeness (QED) is 0.321. The van der Waals surface area contributed by atoms with Gasteiger partial charge in [0.25, 0.3) is 0 Å². The summed E-state index contributed by atoms with van der Waals surface area (Å²) in [5.74, 6) is 2.49. The topological polar surface area (TPSA) is 27.6 Å². The minimum absolute atomic E-state index is 0.139. The summed E-state index contributed by atoms with van der Waals surface area (Å²) in [5, 5.41) is 3.95. The smallest absolute Gasteiger partial charge is 0.204 e. The molecule has 2 aromatic rings. The highest BCUT2D eigenvalue weighted by Crippen LogP contribution is 2.38. The number of anilines is 1. The van der Waals surface area contributed by atoms with Crippen LogP contribution in [0.1, 0.15) is 143 Å². The number of aliphatic imine (C=N–C) groups is 1. The summed E-state index contributed by atoms with van der Waals surface area (Å²) >= 11 is 0. The molecule has 3 heteroatoms. The fourth-order valence-electron chi connectivity index (χ4n) is 5.33. The summed E-state index contributed by atoms with van der Waals surface area (Å²) in [6, 6.07) is 13.4. The van der Waals surface area contributed by atoms with Gasteiger partial charge in [-0.1, -0.05) is 91.8 Å². The van der Waals surface area contributed by atoms with Crippen LogP contribution < -0.4 is 5.32 Å². The van der Waals surface area contributed by atoms with Gasteiger partial charge >= 0.3 is 0 Å². The largest absolute Gasteiger partial charge is 0.333 e. The van der Waals surface area contributed by atoms with E-state index in [1.165, 1.54) is 27.9 Å². The van der Waals surface area contributed by atoms with Crippen LogP contribution in [0.4, 0.5) is 11.4 Å². The van der Waals surface area contributed by atoms with Crippen LogP contribution in [0.15, 0.2) is 41.4 Å². The monoisotopic (exact) mass is 491 g/mol. The van der Waals surface area contributed by atoms with Crippen LogP contribution in [0.3, 0.4) is 0 Å². The molecule has 2 aromatic carbocycles. The third-order valence-corrected chi connectivity index (χ3v) is 6.72. The molecule has 0 aliphatic carbocycles. The molecule has 3 nitrogen and oxygen atoms in total. The lowest BCUT2D eigenvalue weighted by molar-refractivity contribution is 0.124. The Morgan fingerprint density at radius 1 is 0.611 bits per heavy atom. The second-order valence-corrected chi connectivity index (χ2v) is 13.5. The zero-order chi connectivity index (χ0) is 27.6. The zero-order valence-corrected chi connectivity index (χ0v) is 25.7. The van der Waals surface area contributed by atoms with E-state index in [1.807, 2.05) is 0 Å². The molecule has 0 heterocycles. The van der Waals surface area contributed by atoms with E-state index in [-0.39, 0.29) is 11.1 Å². The number of guanidine groups is 1. The van der Waals surface area contributed by atoms with Crippen LogP contribution in [0.25, 0.3) is 0 Å². The number of nitrogens with zero attached hydrogens (tertiary/aromatic N) is 2. The highest BCUT2D eigenvalue weighted by Gasteiger charge is 2.35. The standard InChI is InChI=1S/C33H53N3/c1-21(2)25-17-15-18-26(22(3)4)29(25)34-31(36(32(9,10)11)33(12,13)14)35-30-27(23(5)6)19-16-20-28(30)24(7)8/h15-24H,1-14H3,(H,34,35). The van der Waals surface area contributed by atoms with Crippen molar-refractivity contribution < 1.29 is 0 Å². The molecule has 0 aliphatic rings. The summed E-state index contributed by atoms with van der Waals surface area (Å²) in [4.78, 5) is 8.02. The highest BCUT2D eigenvalue weighted by molar-refractivity contribution is 5.98. The van der Waals surface area contributed by atoms with Gasteiger partial charge in [-0.15, -0.1) is 0 Å². The van der Waals surface area contributed by atoms with Gasteiger partial charge < -0.3 is 10.2 Å². The molecule has 0 aromatic heterocycles. The Hall–Kier alpha value is -2.29. The van der Waals surface area contributed by atoms with Crippen molar-refractivity contribution in [1.82, 2.24) is 4.90 Å². The summed E-state index contributed by atoms with van der Waals surface area (Å²) in [6.07, 6.45) is 0. The first kappa shape index (κ1) is 29.9. The fourth-order valence-corrected chi connectivity index (χ4v) is 5.33. The van der Waals surface area contributed by atoms with Crippen LogP contribution in [0.5, 0.6) is 0 Å². The summed E-state index contributed by atoms with van der Waals surface area (Å²) < 4.78 is 0. The molecule has 200 valence electrons. The first-order valence-corrected chi connectivity index (χ1v) is 13.9. The average molecular weight is 492 g/mol. The average Bonchev–Trinajstić information content (AvgIpc) is 2.71. The van der Waals surface area contributed by atoms with E-state index in [2.05, 4.69) is 144 Å². The maximum absolute atomic E-state index is 5.56. The Balaban J connectivity index is 2.98. The van der Waals surface area contributed by atoms with Crippen molar-refractivity contribution in [2.24, 2.45) is 4.99 Å². The van der Waals surface area contributed by atoms with E-state index in [4.69, 9.17) is 4.99 Å². The van der Waals surface area contributed by atoms with E-state index in [9.17, 15) is 0 Å². The molecule has 0 atom stereocenters. The van der Waals surface area contributed by atoms with Gasteiger partial charge in [0.05, 0.1) is 5.69 Å². The SMILES string of the molecule is CC(C)c1cccc(C(C)C)c1N=C(Nc1c(C(C)C)cccc1C(C)C)N(C(C)(C)C)C(C)(C)C. The van der Waals surface area contributed by atoms with Gasteiger partial charge in [0.1, 0.15) is 0 Å². The molecule has 36 heavy (non-hydrogen) atoms. The molecule has 0 fully saturated rings. The van der Waals surface area contributed by atoms with Gasteiger partial charge in [0.2, 0.25) is 5.96 Å². The normalized spacial score (nSPS) is 13.3. The lowest BCUT2D eigenvalue weighted by Gasteiger charge is -2.47. The van der Waals surface area contributed by atoms with Crippen LogP contribution in [0.2, 0.25) is 0 Å². The lowest BCUT2D eigenvalue weighted by atomic mass is 9.92. The van der Waals surface area contributed by atoms with Gasteiger partial charge in [0.15, 0.2) is 0 Å². The van der Waals surface area contributed by atoms with Crippen molar-refractivity contribution >= 4 is 17.3 Å². The second-order valence-electron chi connectivity index (χ2n) is 13.5. The summed E-state index contributed by atoms with van der Waals surface area (Å²) in [6.45, 7) is 31.9. The second kappa shape index (κ2) is 11.4. The van der Waals surface area contributed by atoms with E-state index in [1.54, 1.807) is 0 Å². The Morgan fingerprint density at radius 2 is 0.944 bits per heavy atom. The molecular weight excluding hydrogens is 438 g/mol. The number of hydrogen-bond donors (Lipinski definition) is 1. The number of nitrogens with one attached hydrogen (secondary N) is 1. The first-order chi connectivity index (χ1) is 16.5. The summed E-state index contributed by atoms with van der Waals surface area (Å²) in [7, 11) is 0. The maximum atomic E-state index is 5.56. The lowest BCUT2D eigenvalue weighted by Crippen LogP contribution is -2.57. The predicted molar refractivity (Wildman–Crippen MR) is 161 cm³/mol. The summed E-state index contributed by atoms with van der Waals surface area (Å²) in [5.41, 5.74) is 7.29. The molecule has 0 bridgehead atoms. The van der Waals surface area contributed by atoms with Crippen LogP contribution in [0, 0.1) is 0 Å². The third-order valence-electron chi connectivity index (χ3n) is 6.72. The van der Waals surface area contributed by atoms with Crippen molar-refractivity contribution in [2.75, 3.05) is 5.32 Å². The van der Waals surface area contributed by atoms with E-state index >= 15 is 0 Å². The first-order valence-electron chi connectivity index (χ1n) is 13.9. The zero-order valence-electron chi connectivity index (χ0n) is 25.7. The van der Waals surface area contributed by atoms with Gasteiger partial charge in [-0.05, 0) is 87.5 Å². The molecule has 1 N–H and O–H groups in total. The number of rotatable bonds is 6. The molecule has 0 aliphatic heterocycles. The highest BCUT2D eigenvalue weighted by atomic mass is 15.4. The van der Waals surface area contributed by atoms with E-state index < -0.39 is 0 Å². The van der Waals surface area contributed by atoms with Crippen molar-refractivity contribution in [3.63, 3.8) is 0 Å². The number of para-hydroxylation sites is 2. The molecule has 2 rings (SSSR count). The fraction of sp³-hybridized carbons (Fsp3) is 0.606. The predicted octanol–water partition coefficient (Wildman–Crippen LogP) is 10.2. The van der Waals surface area contributed by atoms with Crippen molar-refractivity contribution in [2.45, 2.75) is 132 Å². The van der Waals surface area contributed by atoms with E-state index in [0.29, 0.717) is 23.7 Å². The molecule has 0 saturated carbocycles. The molecule has 0 unspecified atom stereocenters. The number of benzene rings is 2. The van der Waals surface area contributed by atoms with Crippen molar-refractivity contribution in [3.8, 4) is 0 Å². The number of hydrogen-bond acceptors (Lipinski definition) is 1. The van der Waals surface area contributed by atoms with Gasteiger partial charge in [0, 0.05) is 16.8 Å². The minimum atomic E-state index is -0.139. The Morgan fingerprint density at radius 3 is 1.25 bits per heavy atom. The molecule has 0 spiro atoms. The Labute approximate surface area is 222 Å². The molecule has 0 saturated heterocycles. The van der Waals surface area contributed by atoms with Crippen LogP contribution in [-0.2, 0) is 0 Å². The molecule has 0 amide bonds. The van der Waals surface area contributed by atoms with Gasteiger partial charge in [-0.3, -0.25) is 0 Å². The Bertz CT molecular complexity index is 977. The van der Waals surface area contributed by atoms with Crippen molar-refractivity contribution in [1.29, 1.82) is 0 Å². The van der Waals surface area contributed by atoms with E-state index in [0.717, 1.165) is 11.6 Å². The van der Waals surface area contributed by atoms with Crippen LogP contribution in [-0.4, -0.2) is 21.9 Å². The van der Waals surface area contributed by atoms with Crippen LogP contribution >= 0.6 is 0 Å².